The average molecular weight is 295 g/mol. The van der Waals surface area contributed by atoms with Gasteiger partial charge in [-0.05, 0) is 44.2 Å². The maximum absolute atomic E-state index is 11.9. The Labute approximate surface area is 128 Å². The molecule has 0 unspecified atom stereocenters. The number of hydrogen-bond donors (Lipinski definition) is 1. The number of carbonyl (C=O) groups is 1. The third-order valence-electron chi connectivity index (χ3n) is 3.41. The van der Waals surface area contributed by atoms with Crippen molar-refractivity contribution in [3.05, 3.63) is 59.9 Å². The fourth-order valence-corrected chi connectivity index (χ4v) is 2.44. The van der Waals surface area contributed by atoms with E-state index >= 15 is 0 Å². The van der Waals surface area contributed by atoms with Gasteiger partial charge in [-0.25, -0.2) is 10.5 Å². The number of nitrogens with zero attached hydrogens (tertiary/aromatic N) is 2. The summed E-state index contributed by atoms with van der Waals surface area (Å²) in [6.07, 6.45) is 0. The highest BCUT2D eigenvalue weighted by atomic mass is 16.6. The molecule has 0 saturated carbocycles. The van der Waals surface area contributed by atoms with Crippen LogP contribution in [0.5, 0.6) is 0 Å². The normalized spacial score (nSPS) is 10.8. The highest BCUT2D eigenvalue weighted by Gasteiger charge is 2.12. The molecule has 5 nitrogen and oxygen atoms in total. The molecule has 5 heteroatoms. The van der Waals surface area contributed by atoms with Crippen molar-refractivity contribution in [3.63, 3.8) is 0 Å². The molecular weight excluding hydrogens is 278 g/mol. The van der Waals surface area contributed by atoms with Crippen LogP contribution in [0, 0.1) is 6.92 Å². The standard InChI is InChI=1S/C17H17N3O2/c1-3-22-19-17(21)13-9-10-16-15(11-13)18-12(2)20(16)14-7-5-4-6-8-14/h4-11H,3H2,1-2H3,(H,19,21). The molecule has 3 aromatic rings. The van der Waals surface area contributed by atoms with Crippen LogP contribution < -0.4 is 5.48 Å². The molecular formula is C17H17N3O2. The molecule has 0 spiro atoms. The van der Waals surface area contributed by atoms with E-state index in [1.807, 2.05) is 50.2 Å². The molecule has 0 radical (unpaired) electrons. The summed E-state index contributed by atoms with van der Waals surface area (Å²) in [7, 11) is 0. The number of amides is 1. The second-order valence-corrected chi connectivity index (χ2v) is 4.90. The van der Waals surface area contributed by atoms with Crippen molar-refractivity contribution in [2.24, 2.45) is 0 Å². The summed E-state index contributed by atoms with van der Waals surface area (Å²) >= 11 is 0. The largest absolute Gasteiger partial charge is 0.297 e. The summed E-state index contributed by atoms with van der Waals surface area (Å²) in [6, 6.07) is 15.5. The van der Waals surface area contributed by atoms with Crippen molar-refractivity contribution < 1.29 is 9.63 Å². The topological polar surface area (TPSA) is 56.1 Å². The minimum Gasteiger partial charge on any atom is -0.297 e. The molecule has 1 N–H and O–H groups in total. The van der Waals surface area contributed by atoms with Crippen LogP contribution in [-0.2, 0) is 4.84 Å². The second-order valence-electron chi connectivity index (χ2n) is 4.90. The average Bonchev–Trinajstić information content (AvgIpc) is 2.88. The number of carbonyl (C=O) groups excluding carboxylic acids is 1. The summed E-state index contributed by atoms with van der Waals surface area (Å²) in [5.41, 5.74) is 5.72. The van der Waals surface area contributed by atoms with Crippen molar-refractivity contribution in [2.45, 2.75) is 13.8 Å². The van der Waals surface area contributed by atoms with Gasteiger partial charge in [-0.15, -0.1) is 0 Å². The Balaban J connectivity index is 2.04. The lowest BCUT2D eigenvalue weighted by Gasteiger charge is -2.07. The van der Waals surface area contributed by atoms with Crippen molar-refractivity contribution >= 4 is 16.9 Å². The van der Waals surface area contributed by atoms with Crippen molar-refractivity contribution in [2.75, 3.05) is 6.61 Å². The Kier molecular flexibility index (Phi) is 3.89. The van der Waals surface area contributed by atoms with Crippen molar-refractivity contribution in [3.8, 4) is 5.69 Å². The van der Waals surface area contributed by atoms with Gasteiger partial charge in [-0.2, -0.15) is 0 Å². The lowest BCUT2D eigenvalue weighted by atomic mass is 10.2. The maximum Gasteiger partial charge on any atom is 0.274 e. The quantitative estimate of drug-likeness (QED) is 0.753. The summed E-state index contributed by atoms with van der Waals surface area (Å²) in [5.74, 6) is 0.610. The summed E-state index contributed by atoms with van der Waals surface area (Å²) in [5, 5.41) is 0. The van der Waals surface area contributed by atoms with Crippen LogP contribution in [0.25, 0.3) is 16.7 Å². The monoisotopic (exact) mass is 295 g/mol. The van der Waals surface area contributed by atoms with Crippen molar-refractivity contribution in [1.82, 2.24) is 15.0 Å². The number of aromatic nitrogens is 2. The van der Waals surface area contributed by atoms with Gasteiger partial charge >= 0.3 is 0 Å². The Morgan fingerprint density at radius 3 is 2.73 bits per heavy atom. The molecule has 3 rings (SSSR count). The van der Waals surface area contributed by atoms with E-state index in [1.165, 1.54) is 0 Å². The molecule has 0 fully saturated rings. The zero-order valence-electron chi connectivity index (χ0n) is 12.5. The number of nitrogens with one attached hydrogen (secondary N) is 1. The van der Waals surface area contributed by atoms with E-state index in [0.717, 1.165) is 22.5 Å². The zero-order chi connectivity index (χ0) is 15.5. The Morgan fingerprint density at radius 2 is 2.00 bits per heavy atom. The van der Waals surface area contributed by atoms with E-state index in [9.17, 15) is 4.79 Å². The van der Waals surface area contributed by atoms with Gasteiger partial charge in [0.25, 0.3) is 5.91 Å². The first-order valence-corrected chi connectivity index (χ1v) is 7.17. The molecule has 0 bridgehead atoms. The van der Waals surface area contributed by atoms with Gasteiger partial charge in [0.1, 0.15) is 5.82 Å². The highest BCUT2D eigenvalue weighted by molar-refractivity contribution is 5.97. The van der Waals surface area contributed by atoms with Gasteiger partial charge < -0.3 is 0 Å². The van der Waals surface area contributed by atoms with Crippen LogP contribution in [0.4, 0.5) is 0 Å². The molecule has 1 aromatic heterocycles. The molecule has 2 aromatic carbocycles. The predicted octanol–water partition coefficient (Wildman–Crippen LogP) is 3.02. The molecule has 0 saturated heterocycles. The molecule has 1 heterocycles. The van der Waals surface area contributed by atoms with Gasteiger partial charge in [0, 0.05) is 11.3 Å². The fourth-order valence-electron chi connectivity index (χ4n) is 2.44. The molecule has 0 aliphatic carbocycles. The number of benzene rings is 2. The van der Waals surface area contributed by atoms with Gasteiger partial charge in [-0.3, -0.25) is 14.2 Å². The molecule has 0 aliphatic rings. The van der Waals surface area contributed by atoms with E-state index in [1.54, 1.807) is 12.1 Å². The number of hydroxylamine groups is 1. The summed E-state index contributed by atoms with van der Waals surface area (Å²) in [4.78, 5) is 21.4. The van der Waals surface area contributed by atoms with Crippen LogP contribution in [0.15, 0.2) is 48.5 Å². The number of aryl methyl sites for hydroxylation is 1. The molecule has 0 aliphatic heterocycles. The SMILES string of the molecule is CCONC(=O)c1ccc2c(c1)nc(C)n2-c1ccccc1. The summed E-state index contributed by atoms with van der Waals surface area (Å²) in [6.45, 7) is 4.19. The first-order valence-electron chi connectivity index (χ1n) is 7.17. The number of imidazole rings is 1. The van der Waals surface area contributed by atoms with E-state index < -0.39 is 0 Å². The number of fused-ring (bicyclic) bond motifs is 1. The Hall–Kier alpha value is -2.66. The molecule has 0 atom stereocenters. The lowest BCUT2D eigenvalue weighted by molar-refractivity contribution is 0.0364. The number of rotatable bonds is 4. The van der Waals surface area contributed by atoms with Crippen LogP contribution >= 0.6 is 0 Å². The van der Waals surface area contributed by atoms with Gasteiger partial charge in [0.05, 0.1) is 17.6 Å². The molecule has 112 valence electrons. The van der Waals surface area contributed by atoms with Gasteiger partial charge in [-0.1, -0.05) is 18.2 Å². The maximum atomic E-state index is 11.9. The first-order chi connectivity index (χ1) is 10.7. The number of hydrogen-bond acceptors (Lipinski definition) is 3. The third kappa shape index (κ3) is 2.58. The minimum atomic E-state index is -0.268. The van der Waals surface area contributed by atoms with Gasteiger partial charge in [0.2, 0.25) is 0 Å². The van der Waals surface area contributed by atoms with Crippen LogP contribution in [-0.4, -0.2) is 22.1 Å². The Morgan fingerprint density at radius 1 is 1.23 bits per heavy atom. The third-order valence-corrected chi connectivity index (χ3v) is 3.41. The Bertz CT molecular complexity index is 809. The minimum absolute atomic E-state index is 0.268. The van der Waals surface area contributed by atoms with E-state index in [4.69, 9.17) is 4.84 Å². The second kappa shape index (κ2) is 5.99. The van der Waals surface area contributed by atoms with Gasteiger partial charge in [0.15, 0.2) is 0 Å². The smallest absolute Gasteiger partial charge is 0.274 e. The van der Waals surface area contributed by atoms with Crippen LogP contribution in [0.1, 0.15) is 23.1 Å². The highest BCUT2D eigenvalue weighted by Crippen LogP contribution is 2.22. The first kappa shape index (κ1) is 14.3. The fraction of sp³-hybridized carbons (Fsp3) is 0.176. The zero-order valence-corrected chi connectivity index (χ0v) is 12.5. The van der Waals surface area contributed by atoms with Crippen LogP contribution in [0.2, 0.25) is 0 Å². The lowest BCUT2D eigenvalue weighted by Crippen LogP contribution is -2.23. The van der Waals surface area contributed by atoms with Crippen LogP contribution in [0.3, 0.4) is 0 Å². The van der Waals surface area contributed by atoms with E-state index in [-0.39, 0.29) is 5.91 Å². The molecule has 22 heavy (non-hydrogen) atoms. The molecule has 1 amide bonds. The number of para-hydroxylation sites is 1. The van der Waals surface area contributed by atoms with Crippen molar-refractivity contribution in [1.29, 1.82) is 0 Å². The predicted molar refractivity (Wildman–Crippen MR) is 84.9 cm³/mol. The van der Waals surface area contributed by atoms with E-state index in [2.05, 4.69) is 15.0 Å². The van der Waals surface area contributed by atoms with E-state index in [0.29, 0.717) is 12.2 Å². The summed E-state index contributed by atoms with van der Waals surface area (Å²) < 4.78 is 2.07.